The lowest BCUT2D eigenvalue weighted by atomic mass is 10.2. The third-order valence-electron chi connectivity index (χ3n) is 3.31. The van der Waals surface area contributed by atoms with Gasteiger partial charge in [0.1, 0.15) is 6.10 Å². The van der Waals surface area contributed by atoms with Gasteiger partial charge in [-0.2, -0.15) is 0 Å². The first-order valence-electron chi connectivity index (χ1n) is 6.60. The van der Waals surface area contributed by atoms with Gasteiger partial charge in [0.15, 0.2) is 11.7 Å². The van der Waals surface area contributed by atoms with Gasteiger partial charge < -0.3 is 20.5 Å². The van der Waals surface area contributed by atoms with E-state index < -0.39 is 0 Å². The molecule has 0 aromatic rings. The van der Waals surface area contributed by atoms with Gasteiger partial charge in [0, 0.05) is 19.4 Å². The molecule has 2 aliphatic rings. The van der Waals surface area contributed by atoms with Crippen molar-refractivity contribution in [2.45, 2.75) is 44.5 Å². The van der Waals surface area contributed by atoms with Crippen molar-refractivity contribution in [2.75, 3.05) is 19.7 Å². The van der Waals surface area contributed by atoms with Gasteiger partial charge in [-0.3, -0.25) is 0 Å². The highest BCUT2D eigenvalue weighted by molar-refractivity contribution is 14.0. The van der Waals surface area contributed by atoms with E-state index in [1.807, 2.05) is 6.92 Å². The van der Waals surface area contributed by atoms with E-state index in [-0.39, 0.29) is 35.9 Å². The first-order chi connectivity index (χ1) is 8.60. The molecule has 2 rings (SSSR count). The van der Waals surface area contributed by atoms with Crippen molar-refractivity contribution >= 4 is 29.9 Å². The second kappa shape index (κ2) is 7.44. The number of nitrogens with two attached hydrogens (primary N) is 1. The molecule has 19 heavy (non-hydrogen) atoms. The van der Waals surface area contributed by atoms with E-state index in [0.29, 0.717) is 25.7 Å². The number of ether oxygens (including phenoxy) is 2. The lowest BCUT2D eigenvalue weighted by Gasteiger charge is -2.22. The second-order valence-electron chi connectivity index (χ2n) is 5.21. The Bertz CT molecular complexity index is 341. The van der Waals surface area contributed by atoms with Gasteiger partial charge >= 0.3 is 0 Å². The van der Waals surface area contributed by atoms with Gasteiger partial charge in [0.25, 0.3) is 0 Å². The third kappa shape index (κ3) is 4.92. The van der Waals surface area contributed by atoms with Gasteiger partial charge in [-0.05, 0) is 19.8 Å². The average Bonchev–Trinajstić information content (AvgIpc) is 2.95. The van der Waals surface area contributed by atoms with Crippen LogP contribution < -0.4 is 11.1 Å². The molecule has 1 aliphatic heterocycles. The summed E-state index contributed by atoms with van der Waals surface area (Å²) < 4.78 is 11.8. The molecule has 6 heteroatoms. The fraction of sp³-hybridized carbons (Fsp3) is 0.769. The summed E-state index contributed by atoms with van der Waals surface area (Å²) in [5, 5.41) is 3.07. The Morgan fingerprint density at radius 1 is 1.47 bits per heavy atom. The number of nitrogens with one attached hydrogen (secondary N) is 1. The Morgan fingerprint density at radius 2 is 2.16 bits per heavy atom. The summed E-state index contributed by atoms with van der Waals surface area (Å²) in [4.78, 5) is 4.16. The molecule has 110 valence electrons. The zero-order chi connectivity index (χ0) is 13.0. The van der Waals surface area contributed by atoms with Crippen molar-refractivity contribution in [3.05, 3.63) is 12.2 Å². The van der Waals surface area contributed by atoms with E-state index in [1.165, 1.54) is 12.8 Å². The molecule has 1 aliphatic carbocycles. The van der Waals surface area contributed by atoms with E-state index in [0.717, 1.165) is 18.4 Å². The molecule has 0 aromatic heterocycles. The zero-order valence-electron chi connectivity index (χ0n) is 11.5. The van der Waals surface area contributed by atoms with E-state index >= 15 is 0 Å². The summed E-state index contributed by atoms with van der Waals surface area (Å²) in [6, 6.07) is 0. The fourth-order valence-electron chi connectivity index (χ4n) is 2.39. The number of guanidine groups is 1. The van der Waals surface area contributed by atoms with Crippen LogP contribution in [0.2, 0.25) is 0 Å². The van der Waals surface area contributed by atoms with Crippen LogP contribution in [-0.2, 0) is 9.47 Å². The molecular formula is C13H24IN3O2. The van der Waals surface area contributed by atoms with Gasteiger partial charge in [0.05, 0.1) is 13.2 Å². The fourth-order valence-corrected chi connectivity index (χ4v) is 2.39. The van der Waals surface area contributed by atoms with Gasteiger partial charge in [0.2, 0.25) is 0 Å². The number of rotatable bonds is 4. The monoisotopic (exact) mass is 381 g/mol. The molecule has 1 atom stereocenters. The zero-order valence-corrected chi connectivity index (χ0v) is 13.8. The highest BCUT2D eigenvalue weighted by Gasteiger charge is 2.43. The normalized spacial score (nSPS) is 25.3. The third-order valence-corrected chi connectivity index (χ3v) is 3.31. The molecule has 3 N–H and O–H groups in total. The van der Waals surface area contributed by atoms with E-state index in [1.54, 1.807) is 0 Å². The van der Waals surface area contributed by atoms with Gasteiger partial charge in [-0.15, -0.1) is 24.0 Å². The topological polar surface area (TPSA) is 68.9 Å². The largest absolute Gasteiger partial charge is 0.370 e. The highest BCUT2D eigenvalue weighted by Crippen LogP contribution is 2.38. The number of hydrogen-bond acceptors (Lipinski definition) is 3. The maximum absolute atomic E-state index is 5.97. The van der Waals surface area contributed by atoms with Crippen LogP contribution in [0.15, 0.2) is 17.1 Å². The average molecular weight is 381 g/mol. The van der Waals surface area contributed by atoms with Crippen LogP contribution in [0.3, 0.4) is 0 Å². The predicted octanol–water partition coefficient (Wildman–Crippen LogP) is 1.77. The Labute approximate surface area is 132 Å². The quantitative estimate of drug-likeness (QED) is 0.337. The van der Waals surface area contributed by atoms with Crippen LogP contribution >= 0.6 is 24.0 Å². The summed E-state index contributed by atoms with van der Waals surface area (Å²) >= 11 is 0. The van der Waals surface area contributed by atoms with Crippen molar-refractivity contribution in [1.82, 2.24) is 5.32 Å². The minimum Gasteiger partial charge on any atom is -0.370 e. The summed E-state index contributed by atoms with van der Waals surface area (Å²) in [5.74, 6) is 0.143. The molecule has 0 bridgehead atoms. The highest BCUT2D eigenvalue weighted by atomic mass is 127. The number of halogens is 1. The molecule has 1 spiro atoms. The minimum atomic E-state index is -0.296. The Kier molecular flexibility index (Phi) is 6.55. The molecular weight excluding hydrogens is 357 g/mol. The number of aliphatic imine (C=N–C) groups is 1. The number of hydrogen-bond donors (Lipinski definition) is 2. The Hall–Kier alpha value is -0.340. The predicted molar refractivity (Wildman–Crippen MR) is 86.7 cm³/mol. The van der Waals surface area contributed by atoms with E-state index in [2.05, 4.69) is 16.9 Å². The first kappa shape index (κ1) is 16.7. The second-order valence-corrected chi connectivity index (χ2v) is 5.21. The lowest BCUT2D eigenvalue weighted by Crippen LogP contribution is -2.39. The summed E-state index contributed by atoms with van der Waals surface area (Å²) in [5.41, 5.74) is 6.74. The summed E-state index contributed by atoms with van der Waals surface area (Å²) in [6.45, 7) is 7.55. The smallest absolute Gasteiger partial charge is 0.188 e. The molecule has 1 unspecified atom stereocenters. The van der Waals surface area contributed by atoms with Crippen molar-refractivity contribution in [1.29, 1.82) is 0 Å². The standard InChI is InChI=1S/C13H23N3O2.HI/c1-10(2)7-15-12(14)16-8-11-9-17-13(18-11)5-3-4-6-13;/h11H,1,3-9H2,2H3,(H3,14,15,16);1H. The van der Waals surface area contributed by atoms with Crippen molar-refractivity contribution in [3.63, 3.8) is 0 Å². The Balaban J connectivity index is 0.00000180. The molecule has 0 amide bonds. The lowest BCUT2D eigenvalue weighted by molar-refractivity contribution is -0.160. The molecule has 1 saturated heterocycles. The van der Waals surface area contributed by atoms with Crippen LogP contribution in [0.1, 0.15) is 32.6 Å². The first-order valence-corrected chi connectivity index (χ1v) is 6.60. The Morgan fingerprint density at radius 3 is 2.79 bits per heavy atom. The van der Waals surface area contributed by atoms with Gasteiger partial charge in [-0.1, -0.05) is 12.2 Å². The van der Waals surface area contributed by atoms with Crippen LogP contribution in [0.5, 0.6) is 0 Å². The maximum atomic E-state index is 5.97. The van der Waals surface area contributed by atoms with Crippen LogP contribution in [0.4, 0.5) is 0 Å². The summed E-state index contributed by atoms with van der Waals surface area (Å²) in [6.07, 6.45) is 4.50. The molecule has 1 saturated carbocycles. The van der Waals surface area contributed by atoms with Crippen LogP contribution in [-0.4, -0.2) is 37.5 Å². The van der Waals surface area contributed by atoms with Crippen molar-refractivity contribution in [2.24, 2.45) is 10.7 Å². The molecule has 0 radical (unpaired) electrons. The molecule has 0 aromatic carbocycles. The molecule has 5 nitrogen and oxygen atoms in total. The van der Waals surface area contributed by atoms with Crippen molar-refractivity contribution < 1.29 is 9.47 Å². The maximum Gasteiger partial charge on any atom is 0.188 e. The SMILES string of the molecule is C=C(C)CN=C(N)NCC1COC2(CCCC2)O1.I. The van der Waals surface area contributed by atoms with E-state index in [9.17, 15) is 0 Å². The summed E-state index contributed by atoms with van der Waals surface area (Å²) in [7, 11) is 0. The van der Waals surface area contributed by atoms with E-state index in [4.69, 9.17) is 15.2 Å². The van der Waals surface area contributed by atoms with Gasteiger partial charge in [-0.25, -0.2) is 4.99 Å². The van der Waals surface area contributed by atoms with Crippen LogP contribution in [0, 0.1) is 0 Å². The van der Waals surface area contributed by atoms with Crippen molar-refractivity contribution in [3.8, 4) is 0 Å². The molecule has 1 heterocycles. The minimum absolute atomic E-state index is 0. The van der Waals surface area contributed by atoms with Crippen LogP contribution in [0.25, 0.3) is 0 Å². The molecule has 2 fully saturated rings. The number of nitrogens with zero attached hydrogens (tertiary/aromatic N) is 1.